The zero-order valence-corrected chi connectivity index (χ0v) is 46.1. The zero-order chi connectivity index (χ0) is 50.0. The summed E-state index contributed by atoms with van der Waals surface area (Å²) >= 11 is 0. The Balaban J connectivity index is 3.91. The maximum Gasteiger partial charge on any atom is 0.306 e. The van der Waals surface area contributed by atoms with Crippen molar-refractivity contribution in [2.45, 2.75) is 322 Å². The Kier molecular flexibility index (Phi) is 55.7. The van der Waals surface area contributed by atoms with Crippen LogP contribution in [0.25, 0.3) is 0 Å². The fourth-order valence-corrected chi connectivity index (χ4v) is 8.85. The first-order valence-corrected chi connectivity index (χ1v) is 30.1. The van der Waals surface area contributed by atoms with Crippen LogP contribution in [-0.4, -0.2) is 37.2 Å². The van der Waals surface area contributed by atoms with Crippen molar-refractivity contribution < 1.29 is 28.6 Å². The van der Waals surface area contributed by atoms with E-state index in [2.05, 4.69) is 69.4 Å². The molecule has 0 rings (SSSR count). The summed E-state index contributed by atoms with van der Waals surface area (Å²) in [7, 11) is 0. The van der Waals surface area contributed by atoms with Gasteiger partial charge in [0.25, 0.3) is 0 Å². The van der Waals surface area contributed by atoms with Gasteiger partial charge in [0, 0.05) is 19.3 Å². The average Bonchev–Trinajstić information content (AvgIpc) is 3.35. The standard InChI is InChI=1S/C63H114O6/c1-4-7-10-13-16-19-21-22-23-24-25-26-27-28-29-30-31-32-33-34-35-36-37-38-39-40-41-42-43-45-47-50-53-56-62(65)68-59-60(58-67-61(64)55-52-49-46-18-15-12-9-6-3)69-63(66)57-54-51-48-44-20-17-14-11-8-5-2/h7,10,16,19,22-23,25-26,60H,4-6,8-9,11-15,17-18,20-21,24,27-59H2,1-3H3/b10-7-,19-16-,23-22-,26-25-. The van der Waals surface area contributed by atoms with Gasteiger partial charge < -0.3 is 14.2 Å². The maximum absolute atomic E-state index is 12.7. The molecule has 0 aliphatic rings. The molecule has 0 aromatic rings. The second-order valence-electron chi connectivity index (χ2n) is 20.2. The normalized spacial score (nSPS) is 12.3. The summed E-state index contributed by atoms with van der Waals surface area (Å²) in [6, 6.07) is 0. The second kappa shape index (κ2) is 57.9. The van der Waals surface area contributed by atoms with Crippen LogP contribution in [0.15, 0.2) is 48.6 Å². The number of hydrogen-bond donors (Lipinski definition) is 0. The Morgan fingerprint density at radius 1 is 0.304 bits per heavy atom. The Morgan fingerprint density at radius 3 is 0.884 bits per heavy atom. The van der Waals surface area contributed by atoms with Crippen LogP contribution < -0.4 is 0 Å². The van der Waals surface area contributed by atoms with E-state index in [1.807, 2.05) is 0 Å². The summed E-state index contributed by atoms with van der Waals surface area (Å²) in [6.45, 7) is 6.51. The lowest BCUT2D eigenvalue weighted by Crippen LogP contribution is -2.30. The van der Waals surface area contributed by atoms with Crippen LogP contribution in [0.1, 0.15) is 316 Å². The van der Waals surface area contributed by atoms with Gasteiger partial charge in [-0.3, -0.25) is 14.4 Å². The average molecular weight is 968 g/mol. The minimum atomic E-state index is -0.763. The minimum Gasteiger partial charge on any atom is -0.462 e. The molecule has 0 aliphatic heterocycles. The lowest BCUT2D eigenvalue weighted by atomic mass is 10.0. The smallest absolute Gasteiger partial charge is 0.306 e. The SMILES string of the molecule is CC/C=C\C/C=C\C/C=C\C/C=C\CCCCCCCCCCCCCCCCCCCCCCC(=O)OCC(COC(=O)CCCCCCCCCC)OC(=O)CCCCCCCCCCCC. The van der Waals surface area contributed by atoms with Crippen molar-refractivity contribution in [3.8, 4) is 0 Å². The van der Waals surface area contributed by atoms with E-state index >= 15 is 0 Å². The highest BCUT2D eigenvalue weighted by Gasteiger charge is 2.19. The molecule has 0 bridgehead atoms. The van der Waals surface area contributed by atoms with E-state index in [1.165, 1.54) is 193 Å². The van der Waals surface area contributed by atoms with Gasteiger partial charge in [0.2, 0.25) is 0 Å². The molecule has 0 fully saturated rings. The van der Waals surface area contributed by atoms with Crippen molar-refractivity contribution in [3.63, 3.8) is 0 Å². The molecule has 402 valence electrons. The van der Waals surface area contributed by atoms with Crippen molar-refractivity contribution in [2.75, 3.05) is 13.2 Å². The van der Waals surface area contributed by atoms with Crippen LogP contribution in [0.3, 0.4) is 0 Å². The topological polar surface area (TPSA) is 78.9 Å². The molecule has 0 saturated heterocycles. The highest BCUT2D eigenvalue weighted by Crippen LogP contribution is 2.17. The van der Waals surface area contributed by atoms with Gasteiger partial charge in [-0.1, -0.05) is 288 Å². The quantitative estimate of drug-likeness (QED) is 0.0262. The largest absolute Gasteiger partial charge is 0.462 e. The summed E-state index contributed by atoms with van der Waals surface area (Å²) in [5.74, 6) is -0.857. The van der Waals surface area contributed by atoms with Crippen LogP contribution in [0.5, 0.6) is 0 Å². The maximum atomic E-state index is 12.7. The van der Waals surface area contributed by atoms with Gasteiger partial charge in [-0.25, -0.2) is 0 Å². The van der Waals surface area contributed by atoms with Crippen molar-refractivity contribution in [1.82, 2.24) is 0 Å². The first-order valence-electron chi connectivity index (χ1n) is 30.1. The summed E-state index contributed by atoms with van der Waals surface area (Å²) in [5, 5.41) is 0. The van der Waals surface area contributed by atoms with Gasteiger partial charge in [-0.2, -0.15) is 0 Å². The number of carbonyl (C=O) groups is 3. The molecule has 0 saturated carbocycles. The Hall–Kier alpha value is -2.63. The summed E-state index contributed by atoms with van der Waals surface area (Å²) in [5.41, 5.74) is 0. The van der Waals surface area contributed by atoms with Gasteiger partial charge in [0.05, 0.1) is 0 Å². The van der Waals surface area contributed by atoms with Gasteiger partial charge >= 0.3 is 17.9 Å². The fraction of sp³-hybridized carbons (Fsp3) is 0.825. The molecule has 6 heteroatoms. The van der Waals surface area contributed by atoms with Crippen LogP contribution in [0, 0.1) is 0 Å². The van der Waals surface area contributed by atoms with E-state index < -0.39 is 6.10 Å². The molecular formula is C63H114O6. The van der Waals surface area contributed by atoms with E-state index in [1.54, 1.807) is 0 Å². The highest BCUT2D eigenvalue weighted by molar-refractivity contribution is 5.71. The minimum absolute atomic E-state index is 0.0665. The van der Waals surface area contributed by atoms with Crippen molar-refractivity contribution >= 4 is 17.9 Å². The van der Waals surface area contributed by atoms with Crippen molar-refractivity contribution in [3.05, 3.63) is 48.6 Å². The molecule has 0 N–H and O–H groups in total. The van der Waals surface area contributed by atoms with Crippen molar-refractivity contribution in [2.24, 2.45) is 0 Å². The molecule has 1 unspecified atom stereocenters. The lowest BCUT2D eigenvalue weighted by molar-refractivity contribution is -0.167. The predicted octanol–water partition coefficient (Wildman–Crippen LogP) is 20.2. The van der Waals surface area contributed by atoms with Gasteiger partial charge in [-0.05, 0) is 57.8 Å². The highest BCUT2D eigenvalue weighted by atomic mass is 16.6. The monoisotopic (exact) mass is 967 g/mol. The molecule has 0 radical (unpaired) electrons. The van der Waals surface area contributed by atoms with E-state index in [4.69, 9.17) is 14.2 Å². The number of carbonyl (C=O) groups excluding carboxylic acids is 3. The number of unbranched alkanes of at least 4 members (excludes halogenated alkanes) is 36. The number of ether oxygens (including phenoxy) is 3. The van der Waals surface area contributed by atoms with Crippen LogP contribution in [0.2, 0.25) is 0 Å². The van der Waals surface area contributed by atoms with Gasteiger partial charge in [-0.15, -0.1) is 0 Å². The van der Waals surface area contributed by atoms with Crippen LogP contribution in [0.4, 0.5) is 0 Å². The predicted molar refractivity (Wildman–Crippen MR) is 298 cm³/mol. The molecule has 0 aromatic carbocycles. The third kappa shape index (κ3) is 56.2. The molecule has 0 amide bonds. The lowest BCUT2D eigenvalue weighted by Gasteiger charge is -2.18. The van der Waals surface area contributed by atoms with E-state index in [0.717, 1.165) is 83.5 Å². The third-order valence-electron chi connectivity index (χ3n) is 13.3. The molecule has 1 atom stereocenters. The molecule has 0 heterocycles. The Labute approximate surface area is 428 Å². The molecule has 0 aromatic heterocycles. The first-order chi connectivity index (χ1) is 34.0. The first kappa shape index (κ1) is 66.4. The van der Waals surface area contributed by atoms with Crippen LogP contribution in [-0.2, 0) is 28.6 Å². The summed E-state index contributed by atoms with van der Waals surface area (Å²) < 4.78 is 16.8. The molecular weight excluding hydrogens is 853 g/mol. The second-order valence-corrected chi connectivity index (χ2v) is 20.2. The molecule has 0 aliphatic carbocycles. The molecule has 6 nitrogen and oxygen atoms in total. The molecule has 69 heavy (non-hydrogen) atoms. The number of hydrogen-bond acceptors (Lipinski definition) is 6. The van der Waals surface area contributed by atoms with Crippen molar-refractivity contribution in [1.29, 1.82) is 0 Å². The van der Waals surface area contributed by atoms with Gasteiger partial charge in [0.15, 0.2) is 6.10 Å². The Bertz CT molecular complexity index is 1200. The van der Waals surface area contributed by atoms with Crippen LogP contribution >= 0.6 is 0 Å². The third-order valence-corrected chi connectivity index (χ3v) is 13.3. The van der Waals surface area contributed by atoms with E-state index in [-0.39, 0.29) is 31.1 Å². The summed E-state index contributed by atoms with van der Waals surface area (Å²) in [6.07, 6.45) is 71.5. The molecule has 0 spiro atoms. The zero-order valence-electron chi connectivity index (χ0n) is 46.1. The summed E-state index contributed by atoms with van der Waals surface area (Å²) in [4.78, 5) is 37.9. The van der Waals surface area contributed by atoms with E-state index in [9.17, 15) is 14.4 Å². The Morgan fingerprint density at radius 2 is 0.565 bits per heavy atom. The van der Waals surface area contributed by atoms with E-state index in [0.29, 0.717) is 19.3 Å². The number of allylic oxidation sites excluding steroid dienone is 8. The number of rotatable bonds is 55. The fourth-order valence-electron chi connectivity index (χ4n) is 8.85. The van der Waals surface area contributed by atoms with Gasteiger partial charge in [0.1, 0.15) is 13.2 Å². The number of esters is 3.